The summed E-state index contributed by atoms with van der Waals surface area (Å²) in [5.74, 6) is -1.37. The Labute approximate surface area is 119 Å². The Kier molecular flexibility index (Phi) is 5.94. The van der Waals surface area contributed by atoms with Crippen LogP contribution < -0.4 is 5.32 Å². The van der Waals surface area contributed by atoms with E-state index in [0.29, 0.717) is 25.8 Å². The molecule has 0 bridgehead atoms. The van der Waals surface area contributed by atoms with Crippen molar-refractivity contribution < 1.29 is 23.1 Å². The number of nitrogens with one attached hydrogen (secondary N) is 1. The molecule has 1 saturated heterocycles. The summed E-state index contributed by atoms with van der Waals surface area (Å²) in [6.45, 7) is 2.24. The van der Waals surface area contributed by atoms with Gasteiger partial charge in [-0.2, -0.15) is 4.31 Å². The van der Waals surface area contributed by atoms with E-state index in [4.69, 9.17) is 5.11 Å². The monoisotopic (exact) mass is 306 g/mol. The second-order valence-electron chi connectivity index (χ2n) is 5.12. The van der Waals surface area contributed by atoms with Crippen LogP contribution in [-0.2, 0) is 19.6 Å². The van der Waals surface area contributed by atoms with E-state index >= 15 is 0 Å². The molecule has 1 fully saturated rings. The first-order valence-corrected chi connectivity index (χ1v) is 8.59. The SMILES string of the molecule is CCCC(CC(=O)O)NC(=O)C1CCCN1S(C)(=O)=O. The molecule has 0 spiro atoms. The van der Waals surface area contributed by atoms with Gasteiger partial charge >= 0.3 is 5.97 Å². The smallest absolute Gasteiger partial charge is 0.305 e. The number of carbonyl (C=O) groups is 2. The highest BCUT2D eigenvalue weighted by atomic mass is 32.2. The molecular formula is C12H22N2O5S. The van der Waals surface area contributed by atoms with Crippen LogP contribution in [0.15, 0.2) is 0 Å². The van der Waals surface area contributed by atoms with Crippen molar-refractivity contribution in [2.24, 2.45) is 0 Å². The Morgan fingerprint density at radius 2 is 2.10 bits per heavy atom. The Morgan fingerprint density at radius 1 is 1.45 bits per heavy atom. The molecular weight excluding hydrogens is 284 g/mol. The second kappa shape index (κ2) is 7.03. The summed E-state index contributed by atoms with van der Waals surface area (Å²) in [5, 5.41) is 11.5. The van der Waals surface area contributed by atoms with Crippen LogP contribution in [0.3, 0.4) is 0 Å². The summed E-state index contributed by atoms with van der Waals surface area (Å²) in [5.41, 5.74) is 0. The number of carboxylic acid groups (broad SMARTS) is 1. The van der Waals surface area contributed by atoms with Crippen LogP contribution in [0.5, 0.6) is 0 Å². The van der Waals surface area contributed by atoms with E-state index in [1.165, 1.54) is 4.31 Å². The molecule has 0 radical (unpaired) electrons. The van der Waals surface area contributed by atoms with Gasteiger partial charge in [0.05, 0.1) is 12.7 Å². The molecule has 1 heterocycles. The highest BCUT2D eigenvalue weighted by molar-refractivity contribution is 7.88. The standard InChI is InChI=1S/C12H22N2O5S/c1-3-5-9(8-11(15)16)13-12(17)10-6-4-7-14(10)20(2,18)19/h9-10H,3-8H2,1-2H3,(H,13,17)(H,15,16). The molecule has 0 aromatic carbocycles. The van der Waals surface area contributed by atoms with E-state index in [-0.39, 0.29) is 6.42 Å². The first-order chi connectivity index (χ1) is 9.25. The lowest BCUT2D eigenvalue weighted by Crippen LogP contribution is -2.48. The van der Waals surface area contributed by atoms with Crippen LogP contribution in [-0.4, -0.2) is 54.6 Å². The van der Waals surface area contributed by atoms with Crippen molar-refractivity contribution in [3.8, 4) is 0 Å². The zero-order chi connectivity index (χ0) is 15.3. The van der Waals surface area contributed by atoms with Gasteiger partial charge in [0.15, 0.2) is 0 Å². The zero-order valence-electron chi connectivity index (χ0n) is 11.8. The minimum atomic E-state index is -3.41. The number of nitrogens with zero attached hydrogens (tertiary/aromatic N) is 1. The predicted molar refractivity (Wildman–Crippen MR) is 73.7 cm³/mol. The van der Waals surface area contributed by atoms with E-state index in [1.54, 1.807) is 0 Å². The summed E-state index contributed by atoms with van der Waals surface area (Å²) in [6, 6.07) is -1.16. The molecule has 7 nitrogen and oxygen atoms in total. The molecule has 0 aliphatic carbocycles. The van der Waals surface area contributed by atoms with Crippen molar-refractivity contribution >= 4 is 21.9 Å². The van der Waals surface area contributed by atoms with Gasteiger partial charge in [0.1, 0.15) is 6.04 Å². The van der Waals surface area contributed by atoms with Crippen molar-refractivity contribution in [3.63, 3.8) is 0 Å². The van der Waals surface area contributed by atoms with Gasteiger partial charge in [-0.15, -0.1) is 0 Å². The summed E-state index contributed by atoms with van der Waals surface area (Å²) in [6.07, 6.45) is 3.36. The first kappa shape index (κ1) is 16.9. The summed E-state index contributed by atoms with van der Waals surface area (Å²) in [4.78, 5) is 22.9. The summed E-state index contributed by atoms with van der Waals surface area (Å²) >= 11 is 0. The van der Waals surface area contributed by atoms with Gasteiger partial charge in [-0.05, 0) is 19.3 Å². The van der Waals surface area contributed by atoms with Crippen molar-refractivity contribution in [2.75, 3.05) is 12.8 Å². The molecule has 0 aromatic heterocycles. The van der Waals surface area contributed by atoms with Gasteiger partial charge in [0, 0.05) is 12.6 Å². The van der Waals surface area contributed by atoms with Crippen LogP contribution in [0.4, 0.5) is 0 Å². The van der Waals surface area contributed by atoms with Crippen molar-refractivity contribution in [1.82, 2.24) is 9.62 Å². The van der Waals surface area contributed by atoms with Crippen molar-refractivity contribution in [3.05, 3.63) is 0 Å². The van der Waals surface area contributed by atoms with Crippen molar-refractivity contribution in [1.29, 1.82) is 0 Å². The Bertz CT molecular complexity index is 462. The Hall–Kier alpha value is -1.15. The summed E-state index contributed by atoms with van der Waals surface area (Å²) < 4.78 is 24.4. The van der Waals surface area contributed by atoms with E-state index in [1.807, 2.05) is 6.92 Å². The number of carbonyl (C=O) groups excluding carboxylic acids is 1. The molecule has 20 heavy (non-hydrogen) atoms. The van der Waals surface area contributed by atoms with E-state index < -0.39 is 34.0 Å². The van der Waals surface area contributed by atoms with Crippen LogP contribution in [0.25, 0.3) is 0 Å². The number of carboxylic acids is 1. The number of amides is 1. The Morgan fingerprint density at radius 3 is 2.60 bits per heavy atom. The van der Waals surface area contributed by atoms with Crippen LogP contribution in [0, 0.1) is 0 Å². The third-order valence-electron chi connectivity index (χ3n) is 3.34. The topological polar surface area (TPSA) is 104 Å². The van der Waals surface area contributed by atoms with E-state index in [2.05, 4.69) is 5.32 Å². The first-order valence-electron chi connectivity index (χ1n) is 6.74. The zero-order valence-corrected chi connectivity index (χ0v) is 12.6. The fourth-order valence-electron chi connectivity index (χ4n) is 2.48. The molecule has 1 aliphatic rings. The third-order valence-corrected chi connectivity index (χ3v) is 4.63. The average Bonchev–Trinajstić information content (AvgIpc) is 2.76. The number of hydrogen-bond donors (Lipinski definition) is 2. The highest BCUT2D eigenvalue weighted by Gasteiger charge is 2.37. The maximum atomic E-state index is 12.2. The average molecular weight is 306 g/mol. The number of aliphatic carboxylic acids is 1. The van der Waals surface area contributed by atoms with Gasteiger partial charge in [0.2, 0.25) is 15.9 Å². The van der Waals surface area contributed by atoms with E-state index in [0.717, 1.165) is 12.7 Å². The maximum absolute atomic E-state index is 12.2. The fourth-order valence-corrected chi connectivity index (χ4v) is 3.61. The molecule has 2 atom stereocenters. The molecule has 2 N–H and O–H groups in total. The number of sulfonamides is 1. The van der Waals surface area contributed by atoms with Crippen molar-refractivity contribution in [2.45, 2.75) is 51.1 Å². The van der Waals surface area contributed by atoms with Crippen LogP contribution in [0.2, 0.25) is 0 Å². The summed E-state index contributed by atoms with van der Waals surface area (Å²) in [7, 11) is -3.41. The lowest BCUT2D eigenvalue weighted by molar-refractivity contribution is -0.137. The minimum absolute atomic E-state index is 0.148. The number of rotatable bonds is 7. The van der Waals surface area contributed by atoms with Crippen LogP contribution >= 0.6 is 0 Å². The normalized spacial score (nSPS) is 21.6. The minimum Gasteiger partial charge on any atom is -0.481 e. The number of hydrogen-bond acceptors (Lipinski definition) is 4. The molecule has 116 valence electrons. The lowest BCUT2D eigenvalue weighted by Gasteiger charge is -2.24. The van der Waals surface area contributed by atoms with Gasteiger partial charge in [-0.1, -0.05) is 13.3 Å². The molecule has 0 saturated carbocycles. The van der Waals surface area contributed by atoms with Gasteiger partial charge in [0.25, 0.3) is 0 Å². The van der Waals surface area contributed by atoms with Gasteiger partial charge in [-0.3, -0.25) is 9.59 Å². The quantitative estimate of drug-likeness (QED) is 0.698. The van der Waals surface area contributed by atoms with Crippen LogP contribution in [0.1, 0.15) is 39.0 Å². The molecule has 8 heteroatoms. The molecule has 1 amide bonds. The third kappa shape index (κ3) is 4.75. The Balaban J connectivity index is 2.70. The lowest BCUT2D eigenvalue weighted by atomic mass is 10.1. The maximum Gasteiger partial charge on any atom is 0.305 e. The predicted octanol–water partition coefficient (Wildman–Crippen LogP) is 0.170. The molecule has 1 rings (SSSR count). The largest absolute Gasteiger partial charge is 0.481 e. The second-order valence-corrected chi connectivity index (χ2v) is 7.06. The van der Waals surface area contributed by atoms with Gasteiger partial charge < -0.3 is 10.4 Å². The molecule has 0 aromatic rings. The van der Waals surface area contributed by atoms with E-state index in [9.17, 15) is 18.0 Å². The molecule has 2 unspecified atom stereocenters. The fraction of sp³-hybridized carbons (Fsp3) is 0.833. The van der Waals surface area contributed by atoms with Gasteiger partial charge in [-0.25, -0.2) is 8.42 Å². The molecule has 1 aliphatic heterocycles. The highest BCUT2D eigenvalue weighted by Crippen LogP contribution is 2.20.